The minimum Gasteiger partial charge on any atom is -0.324 e. The average molecular weight is 350 g/mol. The van der Waals surface area contributed by atoms with E-state index < -0.39 is 10.0 Å². The van der Waals surface area contributed by atoms with Crippen LogP contribution in [0.5, 0.6) is 0 Å². The third-order valence-electron chi connectivity index (χ3n) is 3.20. The largest absolute Gasteiger partial charge is 0.324 e. The summed E-state index contributed by atoms with van der Waals surface area (Å²) >= 11 is 1.51. The number of nitrogens with zero attached hydrogens (tertiary/aromatic N) is 1. The third-order valence-corrected chi connectivity index (χ3v) is 5.81. The van der Waals surface area contributed by atoms with Gasteiger partial charge < -0.3 is 5.32 Å². The van der Waals surface area contributed by atoms with Crippen molar-refractivity contribution in [1.82, 2.24) is 4.31 Å². The van der Waals surface area contributed by atoms with Crippen molar-refractivity contribution in [2.75, 3.05) is 25.2 Å². The summed E-state index contributed by atoms with van der Waals surface area (Å²) in [6.45, 7) is -0.250. The van der Waals surface area contributed by atoms with Crippen molar-refractivity contribution in [3.63, 3.8) is 0 Å². The van der Waals surface area contributed by atoms with E-state index in [0.717, 1.165) is 9.20 Å². The van der Waals surface area contributed by atoms with E-state index in [2.05, 4.69) is 5.32 Å². The summed E-state index contributed by atoms with van der Waals surface area (Å²) in [5, 5.41) is 2.75. The lowest BCUT2D eigenvalue weighted by atomic mass is 10.3. The van der Waals surface area contributed by atoms with E-state index in [9.17, 15) is 13.2 Å². The van der Waals surface area contributed by atoms with E-state index in [0.29, 0.717) is 5.69 Å². The second-order valence-corrected chi connectivity index (χ2v) is 7.72. The number of rotatable bonds is 6. The van der Waals surface area contributed by atoms with Crippen molar-refractivity contribution in [2.24, 2.45) is 0 Å². The highest BCUT2D eigenvalue weighted by Gasteiger charge is 2.22. The van der Waals surface area contributed by atoms with Crippen LogP contribution in [-0.2, 0) is 14.8 Å². The van der Waals surface area contributed by atoms with Crippen molar-refractivity contribution in [3.8, 4) is 0 Å². The predicted octanol–water partition coefficient (Wildman–Crippen LogP) is 2.67. The van der Waals surface area contributed by atoms with Gasteiger partial charge in [0.05, 0.1) is 17.1 Å². The third kappa shape index (κ3) is 4.34. The second kappa shape index (κ2) is 7.63. The van der Waals surface area contributed by atoms with Gasteiger partial charge in [0, 0.05) is 11.9 Å². The number of anilines is 1. The number of hydrogen-bond donors (Lipinski definition) is 1. The molecule has 122 valence electrons. The summed E-state index contributed by atoms with van der Waals surface area (Å²) in [4.78, 5) is 13.2. The Morgan fingerprint density at radius 3 is 2.35 bits per heavy atom. The normalized spacial score (nSPS) is 11.4. The number of thioether (sulfide) groups is 1. The molecular weight excluding hydrogens is 332 g/mol. The van der Waals surface area contributed by atoms with Gasteiger partial charge in [-0.2, -0.15) is 4.31 Å². The molecule has 0 aliphatic heterocycles. The summed E-state index contributed by atoms with van der Waals surface area (Å²) in [7, 11) is -2.28. The average Bonchev–Trinajstić information content (AvgIpc) is 2.56. The molecule has 0 spiro atoms. The SMILES string of the molecule is CSc1ccccc1NC(=O)CN(C)S(=O)(=O)c1ccccc1. The topological polar surface area (TPSA) is 66.5 Å². The zero-order valence-electron chi connectivity index (χ0n) is 12.9. The molecule has 0 unspecified atom stereocenters. The van der Waals surface area contributed by atoms with Crippen LogP contribution in [0.2, 0.25) is 0 Å². The molecule has 1 N–H and O–H groups in total. The number of sulfonamides is 1. The van der Waals surface area contributed by atoms with Crippen LogP contribution >= 0.6 is 11.8 Å². The number of likely N-dealkylation sites (N-methyl/N-ethyl adjacent to an activating group) is 1. The predicted molar refractivity (Wildman–Crippen MR) is 93.1 cm³/mol. The Morgan fingerprint density at radius 2 is 1.70 bits per heavy atom. The van der Waals surface area contributed by atoms with E-state index in [1.807, 2.05) is 24.5 Å². The van der Waals surface area contributed by atoms with Crippen LogP contribution < -0.4 is 5.32 Å². The van der Waals surface area contributed by atoms with Crippen LogP contribution in [-0.4, -0.2) is 38.5 Å². The van der Waals surface area contributed by atoms with E-state index >= 15 is 0 Å². The Morgan fingerprint density at radius 1 is 1.09 bits per heavy atom. The Balaban J connectivity index is 2.08. The number of carbonyl (C=O) groups is 1. The Hall–Kier alpha value is -1.83. The summed E-state index contributed by atoms with van der Waals surface area (Å²) < 4.78 is 25.8. The summed E-state index contributed by atoms with van der Waals surface area (Å²) in [5.74, 6) is -0.381. The molecular formula is C16H18N2O3S2. The maximum absolute atomic E-state index is 12.4. The van der Waals surface area contributed by atoms with E-state index in [4.69, 9.17) is 0 Å². The minimum absolute atomic E-state index is 0.166. The van der Waals surface area contributed by atoms with Gasteiger partial charge in [0.25, 0.3) is 0 Å². The molecule has 1 amide bonds. The molecule has 5 nitrogen and oxygen atoms in total. The molecule has 0 saturated carbocycles. The molecule has 7 heteroatoms. The summed E-state index contributed by atoms with van der Waals surface area (Å²) in [5.41, 5.74) is 0.676. The van der Waals surface area contributed by atoms with Crippen LogP contribution in [0.4, 0.5) is 5.69 Å². The first kappa shape index (κ1) is 17.5. The van der Waals surface area contributed by atoms with Crippen LogP contribution in [0, 0.1) is 0 Å². The molecule has 0 aromatic heterocycles. The standard InChI is InChI=1S/C16H18N2O3S2/c1-18(23(20,21)13-8-4-3-5-9-13)12-16(19)17-14-10-6-7-11-15(14)22-2/h3-11H,12H2,1-2H3,(H,17,19). The van der Waals surface area contributed by atoms with Gasteiger partial charge in [-0.3, -0.25) is 4.79 Å². The number of nitrogens with one attached hydrogen (secondary N) is 1. The smallest absolute Gasteiger partial charge is 0.243 e. The Labute approximate surface area is 140 Å². The minimum atomic E-state index is -3.67. The molecule has 0 fully saturated rings. The molecule has 0 radical (unpaired) electrons. The van der Waals surface area contributed by atoms with Gasteiger partial charge >= 0.3 is 0 Å². The Bertz CT molecular complexity index is 777. The van der Waals surface area contributed by atoms with Crippen molar-refractivity contribution in [3.05, 3.63) is 54.6 Å². The molecule has 2 rings (SSSR count). The zero-order valence-corrected chi connectivity index (χ0v) is 14.5. The highest BCUT2D eigenvalue weighted by molar-refractivity contribution is 7.98. The fourth-order valence-electron chi connectivity index (χ4n) is 2.00. The molecule has 2 aromatic rings. The highest BCUT2D eigenvalue weighted by Crippen LogP contribution is 2.24. The molecule has 0 atom stereocenters. The number of para-hydroxylation sites is 1. The number of hydrogen-bond acceptors (Lipinski definition) is 4. The van der Waals surface area contributed by atoms with Gasteiger partial charge in [0.1, 0.15) is 0 Å². The maximum Gasteiger partial charge on any atom is 0.243 e. The molecule has 2 aromatic carbocycles. The summed E-state index contributed by atoms with van der Waals surface area (Å²) in [6.07, 6.45) is 1.91. The first-order valence-electron chi connectivity index (χ1n) is 6.89. The van der Waals surface area contributed by atoms with Crippen molar-refractivity contribution < 1.29 is 13.2 Å². The van der Waals surface area contributed by atoms with Crippen LogP contribution in [0.15, 0.2) is 64.4 Å². The van der Waals surface area contributed by atoms with Crippen molar-refractivity contribution in [2.45, 2.75) is 9.79 Å². The van der Waals surface area contributed by atoms with Crippen LogP contribution in [0.25, 0.3) is 0 Å². The molecule has 0 aliphatic carbocycles. The quantitative estimate of drug-likeness (QED) is 0.814. The number of benzene rings is 2. The Kier molecular flexibility index (Phi) is 5.81. The zero-order chi connectivity index (χ0) is 16.9. The van der Waals surface area contributed by atoms with Crippen molar-refractivity contribution >= 4 is 33.4 Å². The molecule has 0 aliphatic rings. The lowest BCUT2D eigenvalue weighted by molar-refractivity contribution is -0.116. The molecule has 0 bridgehead atoms. The monoisotopic (exact) mass is 350 g/mol. The van der Waals surface area contributed by atoms with Crippen LogP contribution in [0.1, 0.15) is 0 Å². The van der Waals surface area contributed by atoms with Gasteiger partial charge in [-0.05, 0) is 30.5 Å². The fraction of sp³-hybridized carbons (Fsp3) is 0.188. The molecule has 0 saturated heterocycles. The number of carbonyl (C=O) groups excluding carboxylic acids is 1. The second-order valence-electron chi connectivity index (χ2n) is 4.82. The van der Waals surface area contributed by atoms with E-state index in [1.54, 1.807) is 24.3 Å². The first-order valence-corrected chi connectivity index (χ1v) is 9.56. The lowest BCUT2D eigenvalue weighted by Crippen LogP contribution is -2.35. The molecule has 0 heterocycles. The van der Waals surface area contributed by atoms with Gasteiger partial charge in [-0.25, -0.2) is 8.42 Å². The first-order chi connectivity index (χ1) is 10.9. The van der Waals surface area contributed by atoms with Crippen molar-refractivity contribution in [1.29, 1.82) is 0 Å². The fourth-order valence-corrected chi connectivity index (χ4v) is 3.70. The highest BCUT2D eigenvalue weighted by atomic mass is 32.2. The van der Waals surface area contributed by atoms with E-state index in [-0.39, 0.29) is 17.3 Å². The maximum atomic E-state index is 12.4. The van der Waals surface area contributed by atoms with Crippen LogP contribution in [0.3, 0.4) is 0 Å². The van der Waals surface area contributed by atoms with E-state index in [1.165, 1.54) is 30.9 Å². The lowest BCUT2D eigenvalue weighted by Gasteiger charge is -2.17. The summed E-state index contributed by atoms with van der Waals surface area (Å²) in [6, 6.07) is 15.4. The van der Waals surface area contributed by atoms with Gasteiger partial charge in [-0.15, -0.1) is 11.8 Å². The van der Waals surface area contributed by atoms with Gasteiger partial charge in [-0.1, -0.05) is 30.3 Å². The number of amides is 1. The van der Waals surface area contributed by atoms with Gasteiger partial charge in [0.15, 0.2) is 0 Å². The molecule has 23 heavy (non-hydrogen) atoms. The van der Waals surface area contributed by atoms with Gasteiger partial charge in [0.2, 0.25) is 15.9 Å².